The topological polar surface area (TPSA) is 86.8 Å². The Labute approximate surface area is 188 Å². The first kappa shape index (κ1) is 20.4. The SMILES string of the molecule is Cc1cc(C)n(-c2cc(N3CCN(c4nc5c(cc4C#N)CCCC5)CC3)nc(C)n2)n1. The van der Waals surface area contributed by atoms with Gasteiger partial charge in [0.25, 0.3) is 0 Å². The Morgan fingerprint density at radius 2 is 1.56 bits per heavy atom. The number of piperazine rings is 1. The zero-order valence-electron chi connectivity index (χ0n) is 19.0. The number of pyridine rings is 1. The Kier molecular flexibility index (Phi) is 5.25. The highest BCUT2D eigenvalue weighted by Gasteiger charge is 2.24. The van der Waals surface area contributed by atoms with Gasteiger partial charge in [0.05, 0.1) is 11.3 Å². The van der Waals surface area contributed by atoms with Crippen molar-refractivity contribution in [3.63, 3.8) is 0 Å². The van der Waals surface area contributed by atoms with Crippen molar-refractivity contribution >= 4 is 11.6 Å². The summed E-state index contributed by atoms with van der Waals surface area (Å²) in [6, 6.07) is 8.51. The van der Waals surface area contributed by atoms with Crippen LogP contribution in [0.2, 0.25) is 0 Å². The molecule has 32 heavy (non-hydrogen) atoms. The average molecular weight is 429 g/mol. The molecule has 1 fully saturated rings. The van der Waals surface area contributed by atoms with E-state index in [1.54, 1.807) is 0 Å². The van der Waals surface area contributed by atoms with Crippen LogP contribution in [0.3, 0.4) is 0 Å². The number of aromatic nitrogens is 5. The molecule has 0 bridgehead atoms. The zero-order chi connectivity index (χ0) is 22.2. The van der Waals surface area contributed by atoms with Gasteiger partial charge in [-0.25, -0.2) is 19.6 Å². The van der Waals surface area contributed by atoms with Crippen LogP contribution < -0.4 is 9.80 Å². The molecule has 0 unspecified atom stereocenters. The molecule has 8 nitrogen and oxygen atoms in total. The van der Waals surface area contributed by atoms with E-state index in [2.05, 4.69) is 32.0 Å². The van der Waals surface area contributed by atoms with Gasteiger partial charge in [0.15, 0.2) is 5.82 Å². The fourth-order valence-corrected chi connectivity index (χ4v) is 4.76. The van der Waals surface area contributed by atoms with Gasteiger partial charge in [0.1, 0.15) is 23.5 Å². The molecular formula is C24H28N8. The summed E-state index contributed by atoms with van der Waals surface area (Å²) in [5.74, 6) is 3.29. The summed E-state index contributed by atoms with van der Waals surface area (Å²) < 4.78 is 1.87. The molecule has 0 aromatic carbocycles. The van der Waals surface area contributed by atoms with Crippen LogP contribution >= 0.6 is 0 Å². The van der Waals surface area contributed by atoms with Gasteiger partial charge in [-0.15, -0.1) is 0 Å². The van der Waals surface area contributed by atoms with Crippen LogP contribution in [-0.4, -0.2) is 50.9 Å². The molecule has 8 heteroatoms. The molecule has 0 N–H and O–H groups in total. The lowest BCUT2D eigenvalue weighted by atomic mass is 9.95. The van der Waals surface area contributed by atoms with E-state index in [4.69, 9.17) is 9.97 Å². The van der Waals surface area contributed by atoms with E-state index in [1.165, 1.54) is 24.1 Å². The molecule has 1 saturated heterocycles. The number of hydrogen-bond donors (Lipinski definition) is 0. The molecule has 4 heterocycles. The minimum atomic E-state index is 0.698. The summed E-state index contributed by atoms with van der Waals surface area (Å²) in [4.78, 5) is 18.8. The van der Waals surface area contributed by atoms with E-state index in [9.17, 15) is 5.26 Å². The maximum absolute atomic E-state index is 9.72. The largest absolute Gasteiger partial charge is 0.353 e. The molecule has 0 radical (unpaired) electrons. The Hall–Kier alpha value is -3.47. The minimum Gasteiger partial charge on any atom is -0.353 e. The number of nitrogens with zero attached hydrogens (tertiary/aromatic N) is 8. The second-order valence-corrected chi connectivity index (χ2v) is 8.73. The fraction of sp³-hybridized carbons (Fsp3) is 0.458. The van der Waals surface area contributed by atoms with Crippen LogP contribution in [0.4, 0.5) is 11.6 Å². The molecule has 0 amide bonds. The van der Waals surface area contributed by atoms with Gasteiger partial charge in [-0.3, -0.25) is 0 Å². The van der Waals surface area contributed by atoms with Crippen molar-refractivity contribution in [1.29, 1.82) is 5.26 Å². The third-order valence-electron chi connectivity index (χ3n) is 6.34. The van der Waals surface area contributed by atoms with E-state index in [1.807, 2.05) is 37.6 Å². The van der Waals surface area contributed by atoms with Gasteiger partial charge >= 0.3 is 0 Å². The van der Waals surface area contributed by atoms with Gasteiger partial charge in [-0.2, -0.15) is 10.4 Å². The highest BCUT2D eigenvalue weighted by molar-refractivity contribution is 5.58. The van der Waals surface area contributed by atoms with E-state index in [-0.39, 0.29) is 0 Å². The van der Waals surface area contributed by atoms with Gasteiger partial charge in [-0.1, -0.05) is 0 Å². The first-order valence-corrected chi connectivity index (χ1v) is 11.3. The van der Waals surface area contributed by atoms with Crippen LogP contribution in [0, 0.1) is 32.1 Å². The zero-order valence-corrected chi connectivity index (χ0v) is 19.0. The Balaban J connectivity index is 1.37. The molecule has 0 saturated carbocycles. The van der Waals surface area contributed by atoms with Gasteiger partial charge in [0, 0.05) is 43.6 Å². The number of hydrogen-bond acceptors (Lipinski definition) is 7. The summed E-state index contributed by atoms with van der Waals surface area (Å²) in [7, 11) is 0. The predicted molar refractivity (Wildman–Crippen MR) is 123 cm³/mol. The smallest absolute Gasteiger partial charge is 0.159 e. The lowest BCUT2D eigenvalue weighted by molar-refractivity contribution is 0.628. The van der Waals surface area contributed by atoms with Crippen LogP contribution in [0.25, 0.3) is 5.82 Å². The normalized spacial score (nSPS) is 16.1. The molecule has 1 aliphatic heterocycles. The molecular weight excluding hydrogens is 400 g/mol. The van der Waals surface area contributed by atoms with Gasteiger partial charge in [0.2, 0.25) is 0 Å². The lowest BCUT2D eigenvalue weighted by Gasteiger charge is -2.37. The molecule has 164 valence electrons. The molecule has 2 aliphatic rings. The third kappa shape index (κ3) is 3.79. The second-order valence-electron chi connectivity index (χ2n) is 8.73. The van der Waals surface area contributed by atoms with Gasteiger partial charge in [-0.05, 0) is 64.2 Å². The Morgan fingerprint density at radius 3 is 2.28 bits per heavy atom. The Morgan fingerprint density at radius 1 is 0.844 bits per heavy atom. The lowest BCUT2D eigenvalue weighted by Crippen LogP contribution is -2.47. The summed E-state index contributed by atoms with van der Waals surface area (Å²) in [6.45, 7) is 9.19. The van der Waals surface area contributed by atoms with Crippen molar-refractivity contribution in [2.75, 3.05) is 36.0 Å². The molecule has 3 aromatic rings. The predicted octanol–water partition coefficient (Wildman–Crippen LogP) is 3.06. The maximum Gasteiger partial charge on any atom is 0.159 e. The van der Waals surface area contributed by atoms with Crippen LogP contribution in [0.5, 0.6) is 0 Å². The number of rotatable bonds is 3. The van der Waals surface area contributed by atoms with Crippen LogP contribution in [0.1, 0.15) is 46.9 Å². The van der Waals surface area contributed by atoms with Crippen molar-refractivity contribution in [3.8, 4) is 11.9 Å². The summed E-state index contributed by atoms with van der Waals surface area (Å²) in [5.41, 5.74) is 5.15. The minimum absolute atomic E-state index is 0.698. The Bertz CT molecular complexity index is 1200. The van der Waals surface area contributed by atoms with Gasteiger partial charge < -0.3 is 9.80 Å². The van der Waals surface area contributed by atoms with Crippen molar-refractivity contribution in [3.05, 3.63) is 52.2 Å². The summed E-state index contributed by atoms with van der Waals surface area (Å²) in [6.07, 6.45) is 4.43. The van der Waals surface area contributed by atoms with Crippen molar-refractivity contribution in [2.24, 2.45) is 0 Å². The van der Waals surface area contributed by atoms with E-state index in [0.29, 0.717) is 5.56 Å². The van der Waals surface area contributed by atoms with Crippen molar-refractivity contribution < 1.29 is 0 Å². The van der Waals surface area contributed by atoms with E-state index in [0.717, 1.165) is 73.7 Å². The van der Waals surface area contributed by atoms with Crippen molar-refractivity contribution in [1.82, 2.24) is 24.7 Å². The van der Waals surface area contributed by atoms with E-state index >= 15 is 0 Å². The fourth-order valence-electron chi connectivity index (χ4n) is 4.76. The van der Waals surface area contributed by atoms with Crippen molar-refractivity contribution in [2.45, 2.75) is 46.5 Å². The molecule has 5 rings (SSSR count). The molecule has 0 spiro atoms. The number of fused-ring (bicyclic) bond motifs is 1. The standard InChI is InChI=1S/C24H28N8/c1-16-12-17(2)32(29-16)23-14-22(26-18(3)27-23)30-8-10-31(11-9-30)24-20(15-25)13-19-6-4-5-7-21(19)28-24/h12-14H,4-11H2,1-3H3. The number of anilines is 2. The first-order chi connectivity index (χ1) is 15.5. The maximum atomic E-state index is 9.72. The van der Waals surface area contributed by atoms with E-state index < -0.39 is 0 Å². The van der Waals surface area contributed by atoms with Crippen LogP contribution in [0.15, 0.2) is 18.2 Å². The van der Waals surface area contributed by atoms with Crippen LogP contribution in [-0.2, 0) is 12.8 Å². The highest BCUT2D eigenvalue weighted by Crippen LogP contribution is 2.28. The summed E-state index contributed by atoms with van der Waals surface area (Å²) in [5, 5.41) is 14.3. The average Bonchev–Trinajstić information content (AvgIpc) is 3.15. The summed E-state index contributed by atoms with van der Waals surface area (Å²) >= 11 is 0. The molecule has 3 aromatic heterocycles. The molecule has 0 atom stereocenters. The number of aryl methyl sites for hydroxylation is 5. The third-order valence-corrected chi connectivity index (χ3v) is 6.34. The quantitative estimate of drug-likeness (QED) is 0.634. The highest BCUT2D eigenvalue weighted by atomic mass is 15.3. The number of nitriles is 1. The second kappa shape index (κ2) is 8.23. The monoisotopic (exact) mass is 428 g/mol. The first-order valence-electron chi connectivity index (χ1n) is 11.3. The molecule has 1 aliphatic carbocycles.